The molecule has 0 heterocycles. The van der Waals surface area contributed by atoms with Gasteiger partial charge in [-0.05, 0) is 35.7 Å². The molecule has 0 unspecified atom stereocenters. The molecule has 0 aliphatic carbocycles. The van der Waals surface area contributed by atoms with Gasteiger partial charge in [-0.1, -0.05) is 81.4 Å². The van der Waals surface area contributed by atoms with Crippen LogP contribution >= 0.6 is 0 Å². The van der Waals surface area contributed by atoms with E-state index < -0.39 is 32.5 Å². The van der Waals surface area contributed by atoms with E-state index in [9.17, 15) is 9.59 Å². The highest BCUT2D eigenvalue weighted by Crippen LogP contribution is 2.38. The highest BCUT2D eigenvalue weighted by molar-refractivity contribution is 6.74. The molecule has 180 valence electrons. The molecule has 1 N–H and O–H groups in total. The number of rotatable bonds is 10. The van der Waals surface area contributed by atoms with Gasteiger partial charge in [-0.3, -0.25) is 4.89 Å². The van der Waals surface area contributed by atoms with Crippen LogP contribution in [0, 0.1) is 0 Å². The summed E-state index contributed by atoms with van der Waals surface area (Å²) in [6, 6.07) is 18.2. The first-order valence-corrected chi connectivity index (χ1v) is 13.9. The number of hydrogen-bond acceptors (Lipinski definition) is 6. The van der Waals surface area contributed by atoms with Gasteiger partial charge in [0.15, 0.2) is 14.4 Å². The molecule has 2 rings (SSSR count). The standard InChI is InChI=1S/C25H35NO6Si/c1-25(2,3)33(5,6)32-22(23(27)31-29-4)21(17-19-13-9-7-10-14-19)26-24(28)30-18-20-15-11-8-12-16-20/h7-16,21-22H,17-18H2,1-6H3,(H,26,28)/t21-,22+/m0/s1. The second-order valence-corrected chi connectivity index (χ2v) is 14.1. The monoisotopic (exact) mass is 473 g/mol. The van der Waals surface area contributed by atoms with Crippen LogP contribution in [-0.2, 0) is 36.8 Å². The van der Waals surface area contributed by atoms with Crippen molar-refractivity contribution >= 4 is 20.4 Å². The summed E-state index contributed by atoms with van der Waals surface area (Å²) < 4.78 is 11.8. The highest BCUT2D eigenvalue weighted by Gasteiger charge is 2.44. The molecule has 0 fully saturated rings. The van der Waals surface area contributed by atoms with Crippen LogP contribution in [0.2, 0.25) is 18.1 Å². The first kappa shape index (κ1) is 26.6. The zero-order chi connectivity index (χ0) is 24.5. The number of ether oxygens (including phenoxy) is 1. The number of nitrogens with one attached hydrogen (secondary N) is 1. The lowest BCUT2D eigenvalue weighted by Crippen LogP contribution is -2.56. The minimum Gasteiger partial charge on any atom is -0.445 e. The Morgan fingerprint density at radius 1 is 0.939 bits per heavy atom. The van der Waals surface area contributed by atoms with Crippen LogP contribution in [0.1, 0.15) is 31.9 Å². The predicted molar refractivity (Wildman–Crippen MR) is 129 cm³/mol. The number of amides is 1. The van der Waals surface area contributed by atoms with Gasteiger partial charge in [0.2, 0.25) is 0 Å². The highest BCUT2D eigenvalue weighted by atomic mass is 28.4. The maximum absolute atomic E-state index is 12.9. The Morgan fingerprint density at radius 3 is 2.00 bits per heavy atom. The van der Waals surface area contributed by atoms with Crippen molar-refractivity contribution in [3.8, 4) is 0 Å². The van der Waals surface area contributed by atoms with E-state index in [1.807, 2.05) is 73.8 Å². The summed E-state index contributed by atoms with van der Waals surface area (Å²) in [7, 11) is -1.15. The van der Waals surface area contributed by atoms with Crippen molar-refractivity contribution in [3.63, 3.8) is 0 Å². The van der Waals surface area contributed by atoms with Crippen LogP contribution in [0.4, 0.5) is 4.79 Å². The van der Waals surface area contributed by atoms with E-state index in [0.29, 0.717) is 6.42 Å². The van der Waals surface area contributed by atoms with E-state index in [4.69, 9.17) is 14.1 Å². The van der Waals surface area contributed by atoms with Gasteiger partial charge in [-0.15, -0.1) is 0 Å². The summed E-state index contributed by atoms with van der Waals surface area (Å²) >= 11 is 0. The van der Waals surface area contributed by atoms with Gasteiger partial charge < -0.3 is 14.5 Å². The molecule has 0 saturated heterocycles. The molecule has 0 aliphatic heterocycles. The fourth-order valence-corrected chi connectivity index (χ4v) is 4.19. The van der Waals surface area contributed by atoms with Crippen molar-refractivity contribution in [2.75, 3.05) is 7.11 Å². The lowest BCUT2D eigenvalue weighted by atomic mass is 10.0. The SMILES string of the molecule is COOC(=O)[C@H](O[Si](C)(C)C(C)(C)C)[C@H](Cc1ccccc1)NC(=O)OCc1ccccc1. The fourth-order valence-electron chi connectivity index (χ4n) is 2.94. The molecule has 2 aromatic rings. The Labute approximate surface area is 197 Å². The van der Waals surface area contributed by atoms with E-state index in [-0.39, 0.29) is 11.6 Å². The van der Waals surface area contributed by atoms with Crippen LogP contribution < -0.4 is 5.32 Å². The normalized spacial score (nSPS) is 13.6. The Bertz CT molecular complexity index is 883. The molecule has 0 saturated carbocycles. The van der Waals surface area contributed by atoms with Crippen LogP contribution in [0.3, 0.4) is 0 Å². The van der Waals surface area contributed by atoms with E-state index in [2.05, 4.69) is 31.0 Å². The summed E-state index contributed by atoms with van der Waals surface area (Å²) in [6.45, 7) is 10.4. The number of carbonyl (C=O) groups excluding carboxylic acids is 2. The quantitative estimate of drug-likeness (QED) is 0.296. The van der Waals surface area contributed by atoms with Crippen LogP contribution in [0.25, 0.3) is 0 Å². The van der Waals surface area contributed by atoms with Crippen LogP contribution in [0.5, 0.6) is 0 Å². The average molecular weight is 474 g/mol. The zero-order valence-electron chi connectivity index (χ0n) is 20.3. The van der Waals surface area contributed by atoms with Gasteiger partial charge in [0.05, 0.1) is 13.2 Å². The lowest BCUT2D eigenvalue weighted by molar-refractivity contribution is -0.262. The van der Waals surface area contributed by atoms with E-state index in [1.54, 1.807) is 0 Å². The molecule has 2 atom stereocenters. The molecule has 33 heavy (non-hydrogen) atoms. The molecule has 0 radical (unpaired) electrons. The van der Waals surface area contributed by atoms with Crippen molar-refractivity contribution < 1.29 is 28.5 Å². The minimum atomic E-state index is -2.41. The second kappa shape index (κ2) is 12.0. The van der Waals surface area contributed by atoms with E-state index >= 15 is 0 Å². The summed E-state index contributed by atoms with van der Waals surface area (Å²) in [5, 5.41) is 2.67. The van der Waals surface area contributed by atoms with E-state index in [1.165, 1.54) is 7.11 Å². The Balaban J connectivity index is 2.27. The second-order valence-electron chi connectivity index (χ2n) is 9.37. The van der Waals surface area contributed by atoms with E-state index in [0.717, 1.165) is 11.1 Å². The number of alkyl carbamates (subject to hydrolysis) is 1. The zero-order valence-corrected chi connectivity index (χ0v) is 21.3. The van der Waals surface area contributed by atoms with Gasteiger partial charge in [-0.2, -0.15) is 4.89 Å². The lowest BCUT2D eigenvalue weighted by Gasteiger charge is -2.40. The van der Waals surface area contributed by atoms with Gasteiger partial charge in [0.1, 0.15) is 6.61 Å². The minimum absolute atomic E-state index is 0.112. The van der Waals surface area contributed by atoms with Crippen molar-refractivity contribution in [1.29, 1.82) is 0 Å². The summed E-state index contributed by atoms with van der Waals surface area (Å²) in [6.07, 6.45) is -1.37. The van der Waals surface area contributed by atoms with Gasteiger partial charge in [0.25, 0.3) is 0 Å². The van der Waals surface area contributed by atoms with Crippen molar-refractivity contribution in [1.82, 2.24) is 5.32 Å². The third-order valence-electron chi connectivity index (χ3n) is 5.81. The molecule has 2 aromatic carbocycles. The van der Waals surface area contributed by atoms with Crippen LogP contribution in [-0.4, -0.2) is 39.6 Å². The predicted octanol–water partition coefficient (Wildman–Crippen LogP) is 5.02. The summed E-state index contributed by atoms with van der Waals surface area (Å²) in [5.74, 6) is -0.702. The first-order valence-electron chi connectivity index (χ1n) is 11.0. The van der Waals surface area contributed by atoms with Crippen molar-refractivity contribution in [2.24, 2.45) is 0 Å². The molecular formula is C25H35NO6Si. The molecular weight excluding hydrogens is 438 g/mol. The maximum atomic E-state index is 12.9. The largest absolute Gasteiger partial charge is 0.445 e. The van der Waals surface area contributed by atoms with Crippen molar-refractivity contribution in [3.05, 3.63) is 71.8 Å². The van der Waals surface area contributed by atoms with Gasteiger partial charge in [0, 0.05) is 0 Å². The number of hydrogen-bond donors (Lipinski definition) is 1. The first-order chi connectivity index (χ1) is 15.5. The fraction of sp³-hybridized carbons (Fsp3) is 0.440. The van der Waals surface area contributed by atoms with Crippen LogP contribution in [0.15, 0.2) is 60.7 Å². The average Bonchev–Trinajstić information content (AvgIpc) is 2.76. The molecule has 1 amide bonds. The molecule has 0 aromatic heterocycles. The summed E-state index contributed by atoms with van der Waals surface area (Å²) in [5.41, 5.74) is 1.79. The topological polar surface area (TPSA) is 83.1 Å². The number of benzene rings is 2. The third kappa shape index (κ3) is 8.31. The molecule has 0 aliphatic rings. The van der Waals surface area contributed by atoms with Gasteiger partial charge in [-0.25, -0.2) is 9.59 Å². The molecule has 0 spiro atoms. The molecule has 0 bridgehead atoms. The number of carbonyl (C=O) groups is 2. The molecule has 8 heteroatoms. The van der Waals surface area contributed by atoms with Gasteiger partial charge >= 0.3 is 12.1 Å². The molecule has 7 nitrogen and oxygen atoms in total. The maximum Gasteiger partial charge on any atom is 0.407 e. The summed E-state index contributed by atoms with van der Waals surface area (Å²) in [4.78, 5) is 35.1. The smallest absolute Gasteiger partial charge is 0.407 e. The Hall–Kier alpha value is -2.68. The van der Waals surface area contributed by atoms with Crippen molar-refractivity contribution in [2.45, 2.75) is 64.1 Å². The Kier molecular flexibility index (Phi) is 9.64. The third-order valence-corrected chi connectivity index (χ3v) is 10.3. The Morgan fingerprint density at radius 2 is 1.48 bits per heavy atom.